The molecule has 0 amide bonds. The van der Waals surface area contributed by atoms with Crippen LogP contribution in [0.5, 0.6) is 0 Å². The number of piperidine rings is 1. The van der Waals surface area contributed by atoms with Crippen LogP contribution in [-0.2, 0) is 0 Å². The van der Waals surface area contributed by atoms with E-state index in [2.05, 4.69) is 35.8 Å². The van der Waals surface area contributed by atoms with Crippen molar-refractivity contribution in [2.24, 2.45) is 0 Å². The number of hydrogen-bond acceptors (Lipinski definition) is 3. The van der Waals surface area contributed by atoms with Gasteiger partial charge in [-0.05, 0) is 51.8 Å². The molecule has 2 saturated heterocycles. The number of furan rings is 1. The molecule has 0 aliphatic carbocycles. The first-order chi connectivity index (χ1) is 9.69. The normalized spacial score (nSPS) is 30.1. The predicted octanol–water partition coefficient (Wildman–Crippen LogP) is 3.60. The highest BCUT2D eigenvalue weighted by Crippen LogP contribution is 2.32. The molecule has 2 fully saturated rings. The average molecular weight is 276 g/mol. The Hall–Kier alpha value is -0.800. The molecule has 20 heavy (non-hydrogen) atoms. The summed E-state index contributed by atoms with van der Waals surface area (Å²) in [5, 5.41) is 0. The topological polar surface area (TPSA) is 19.6 Å². The summed E-state index contributed by atoms with van der Waals surface area (Å²) in [6, 6.07) is 6.08. The van der Waals surface area contributed by atoms with Crippen molar-refractivity contribution in [2.45, 2.75) is 64.6 Å². The van der Waals surface area contributed by atoms with Crippen LogP contribution >= 0.6 is 0 Å². The van der Waals surface area contributed by atoms with Gasteiger partial charge in [-0.3, -0.25) is 9.80 Å². The van der Waals surface area contributed by atoms with Crippen LogP contribution in [-0.4, -0.2) is 41.5 Å². The highest BCUT2D eigenvalue weighted by molar-refractivity contribution is 5.10. The molecule has 3 heterocycles. The summed E-state index contributed by atoms with van der Waals surface area (Å²) in [6.07, 6.45) is 5.39. The van der Waals surface area contributed by atoms with Crippen LogP contribution < -0.4 is 0 Å². The second-order valence-electron chi connectivity index (χ2n) is 6.53. The van der Waals surface area contributed by atoms with E-state index in [-0.39, 0.29) is 0 Å². The van der Waals surface area contributed by atoms with Gasteiger partial charge in [0.05, 0.1) is 6.04 Å². The fraction of sp³-hybridized carbons (Fsp3) is 0.765. The van der Waals surface area contributed by atoms with Crippen LogP contribution in [0.15, 0.2) is 16.5 Å². The van der Waals surface area contributed by atoms with E-state index < -0.39 is 0 Å². The molecule has 0 aromatic carbocycles. The predicted molar refractivity (Wildman–Crippen MR) is 81.9 cm³/mol. The first-order valence-corrected chi connectivity index (χ1v) is 8.25. The van der Waals surface area contributed by atoms with Gasteiger partial charge in [-0.25, -0.2) is 0 Å². The number of rotatable bonds is 3. The second-order valence-corrected chi connectivity index (χ2v) is 6.53. The first-order valence-electron chi connectivity index (χ1n) is 8.25. The minimum atomic E-state index is 0.401. The summed E-state index contributed by atoms with van der Waals surface area (Å²) < 4.78 is 5.87. The van der Waals surface area contributed by atoms with Crippen molar-refractivity contribution in [3.63, 3.8) is 0 Å². The lowest BCUT2D eigenvalue weighted by Gasteiger charge is -2.50. The third kappa shape index (κ3) is 2.66. The van der Waals surface area contributed by atoms with E-state index in [1.165, 1.54) is 45.3 Å². The lowest BCUT2D eigenvalue weighted by molar-refractivity contribution is -0.0166. The van der Waals surface area contributed by atoms with Crippen LogP contribution in [0.3, 0.4) is 0 Å². The summed E-state index contributed by atoms with van der Waals surface area (Å²) in [6.45, 7) is 10.4. The third-order valence-corrected chi connectivity index (χ3v) is 5.23. The largest absolute Gasteiger partial charge is 0.465 e. The molecule has 0 radical (unpaired) electrons. The Morgan fingerprint density at radius 3 is 2.85 bits per heavy atom. The van der Waals surface area contributed by atoms with Gasteiger partial charge in [-0.2, -0.15) is 0 Å². The fourth-order valence-electron chi connectivity index (χ4n) is 3.95. The highest BCUT2D eigenvalue weighted by Gasteiger charge is 2.37. The van der Waals surface area contributed by atoms with Gasteiger partial charge < -0.3 is 4.42 Å². The van der Waals surface area contributed by atoms with Gasteiger partial charge in [-0.1, -0.05) is 13.3 Å². The number of aryl methyl sites for hydroxylation is 1. The Kier molecular flexibility index (Phi) is 4.18. The van der Waals surface area contributed by atoms with Crippen LogP contribution in [0.4, 0.5) is 0 Å². The maximum atomic E-state index is 5.87. The molecule has 0 N–H and O–H groups in total. The van der Waals surface area contributed by atoms with Gasteiger partial charge in [0, 0.05) is 25.2 Å². The van der Waals surface area contributed by atoms with E-state index >= 15 is 0 Å². The van der Waals surface area contributed by atoms with Crippen LogP contribution in [0, 0.1) is 6.92 Å². The van der Waals surface area contributed by atoms with Crippen LogP contribution in [0.2, 0.25) is 0 Å². The zero-order valence-electron chi connectivity index (χ0n) is 13.1. The molecule has 2 aliphatic heterocycles. The first kappa shape index (κ1) is 14.2. The van der Waals surface area contributed by atoms with Crippen LogP contribution in [0.1, 0.15) is 57.1 Å². The molecule has 2 aliphatic rings. The van der Waals surface area contributed by atoms with Crippen molar-refractivity contribution in [1.29, 1.82) is 0 Å². The van der Waals surface area contributed by atoms with E-state index in [0.717, 1.165) is 17.6 Å². The third-order valence-electron chi connectivity index (χ3n) is 5.23. The second kappa shape index (κ2) is 5.90. The molecule has 3 heteroatoms. The van der Waals surface area contributed by atoms with Crippen LogP contribution in [0.25, 0.3) is 0 Å². The lowest BCUT2D eigenvalue weighted by Crippen LogP contribution is -2.59. The summed E-state index contributed by atoms with van der Waals surface area (Å²) in [5.74, 6) is 2.15. The monoisotopic (exact) mass is 276 g/mol. The van der Waals surface area contributed by atoms with Gasteiger partial charge in [0.2, 0.25) is 0 Å². The molecule has 3 rings (SSSR count). The van der Waals surface area contributed by atoms with Crippen molar-refractivity contribution in [3.05, 3.63) is 23.7 Å². The molecule has 112 valence electrons. The Labute approximate surface area is 122 Å². The van der Waals surface area contributed by atoms with Gasteiger partial charge in [0.25, 0.3) is 0 Å². The van der Waals surface area contributed by atoms with Crippen molar-refractivity contribution in [3.8, 4) is 0 Å². The summed E-state index contributed by atoms with van der Waals surface area (Å²) in [5.41, 5.74) is 0. The zero-order chi connectivity index (χ0) is 14.1. The fourth-order valence-corrected chi connectivity index (χ4v) is 3.95. The van der Waals surface area contributed by atoms with E-state index in [1.807, 2.05) is 6.92 Å². The molecule has 3 unspecified atom stereocenters. The molecular formula is C17H28N2O. The smallest absolute Gasteiger partial charge is 0.121 e. The molecule has 0 bridgehead atoms. The molecule has 1 aromatic rings. The van der Waals surface area contributed by atoms with Gasteiger partial charge in [0.1, 0.15) is 11.5 Å². The van der Waals surface area contributed by atoms with Gasteiger partial charge in [-0.15, -0.1) is 0 Å². The maximum absolute atomic E-state index is 5.87. The minimum absolute atomic E-state index is 0.401. The van der Waals surface area contributed by atoms with Gasteiger partial charge in [0.15, 0.2) is 0 Å². The lowest BCUT2D eigenvalue weighted by atomic mass is 9.94. The number of fused-ring (bicyclic) bond motifs is 1. The maximum Gasteiger partial charge on any atom is 0.121 e. The standard InChI is InChI=1S/C17H28N2O/c1-4-15-11-18-10-6-5-7-16(18)12-19(15)14(3)17-9-8-13(2)20-17/h8-9,14-16H,4-7,10-12H2,1-3H3. The Morgan fingerprint density at radius 2 is 2.15 bits per heavy atom. The average Bonchev–Trinajstić information content (AvgIpc) is 2.91. The molecule has 1 aromatic heterocycles. The number of piperazine rings is 1. The Morgan fingerprint density at radius 1 is 1.30 bits per heavy atom. The van der Waals surface area contributed by atoms with Crippen molar-refractivity contribution in [1.82, 2.24) is 9.80 Å². The van der Waals surface area contributed by atoms with E-state index in [1.54, 1.807) is 0 Å². The molecule has 0 spiro atoms. The highest BCUT2D eigenvalue weighted by atomic mass is 16.3. The Balaban J connectivity index is 1.76. The minimum Gasteiger partial charge on any atom is -0.465 e. The van der Waals surface area contributed by atoms with E-state index in [0.29, 0.717) is 12.1 Å². The summed E-state index contributed by atoms with van der Waals surface area (Å²) >= 11 is 0. The van der Waals surface area contributed by atoms with Crippen molar-refractivity contribution < 1.29 is 4.42 Å². The molecule has 0 saturated carbocycles. The van der Waals surface area contributed by atoms with E-state index in [9.17, 15) is 0 Å². The Bertz CT molecular complexity index is 442. The number of nitrogens with zero attached hydrogens (tertiary/aromatic N) is 2. The zero-order valence-corrected chi connectivity index (χ0v) is 13.1. The quantitative estimate of drug-likeness (QED) is 0.841. The van der Waals surface area contributed by atoms with Gasteiger partial charge >= 0.3 is 0 Å². The summed E-state index contributed by atoms with van der Waals surface area (Å²) in [7, 11) is 0. The molecule has 3 nitrogen and oxygen atoms in total. The summed E-state index contributed by atoms with van der Waals surface area (Å²) in [4.78, 5) is 5.42. The van der Waals surface area contributed by atoms with Crippen molar-refractivity contribution in [2.75, 3.05) is 19.6 Å². The number of hydrogen-bond donors (Lipinski definition) is 0. The van der Waals surface area contributed by atoms with E-state index in [4.69, 9.17) is 4.42 Å². The van der Waals surface area contributed by atoms with Crippen molar-refractivity contribution >= 4 is 0 Å². The molecular weight excluding hydrogens is 248 g/mol. The molecule has 3 atom stereocenters. The SMILES string of the molecule is CCC1CN2CCCCC2CN1C(C)c1ccc(C)o1.